The molecule has 0 spiro atoms. The second-order valence-corrected chi connectivity index (χ2v) is 6.39. The summed E-state index contributed by atoms with van der Waals surface area (Å²) in [7, 11) is 0. The Hall–Kier alpha value is -3.00. The summed E-state index contributed by atoms with van der Waals surface area (Å²) in [6, 6.07) is 7.42. The lowest BCUT2D eigenvalue weighted by Crippen LogP contribution is -2.24. The maximum atomic E-state index is 12.8. The van der Waals surface area contributed by atoms with Gasteiger partial charge >= 0.3 is 0 Å². The Labute approximate surface area is 154 Å². The van der Waals surface area contributed by atoms with Crippen molar-refractivity contribution in [1.82, 2.24) is 15.0 Å². The second-order valence-electron chi connectivity index (χ2n) is 5.51. The average Bonchev–Trinajstić information content (AvgIpc) is 3.23. The topological polar surface area (TPSA) is 68.5 Å². The molecular formula is C18H17FN4O2S. The Morgan fingerprint density at radius 3 is 2.85 bits per heavy atom. The molecule has 3 aromatic rings. The number of hydrogen-bond acceptors (Lipinski definition) is 5. The summed E-state index contributed by atoms with van der Waals surface area (Å²) in [5.41, 5.74) is 5.32. The zero-order chi connectivity index (χ0) is 18.5. The number of thiazole rings is 1. The molecule has 2 heterocycles. The molecule has 8 heteroatoms. The number of aromatic nitrogens is 2. The summed E-state index contributed by atoms with van der Waals surface area (Å²) < 4.78 is 20.1. The van der Waals surface area contributed by atoms with Crippen molar-refractivity contribution >= 4 is 23.5 Å². The minimum Gasteiger partial charge on any atom is -0.484 e. The summed E-state index contributed by atoms with van der Waals surface area (Å²) in [5.74, 6) is -0.349. The van der Waals surface area contributed by atoms with Gasteiger partial charge in [0.25, 0.3) is 5.91 Å². The normalized spacial score (nSPS) is 11.0. The number of carbonyl (C=O) groups excluding carboxylic acids is 1. The van der Waals surface area contributed by atoms with Gasteiger partial charge in [0.1, 0.15) is 11.6 Å². The van der Waals surface area contributed by atoms with Crippen LogP contribution in [0.3, 0.4) is 0 Å². The standard InChI is InChI=1S/C18H17FN4O2S/c1-12-9-14(13(2)23(12)18-20-7-8-26-18)10-21-22-17(24)11-25-16-5-3-15(19)4-6-16/h3-10H,11H2,1-2H3,(H,22,24)/b21-10-. The second kappa shape index (κ2) is 7.92. The first-order chi connectivity index (χ1) is 12.5. The number of nitrogens with one attached hydrogen (secondary N) is 1. The predicted molar refractivity (Wildman–Crippen MR) is 98.5 cm³/mol. The van der Waals surface area contributed by atoms with Crippen molar-refractivity contribution in [2.75, 3.05) is 6.61 Å². The molecule has 1 N–H and O–H groups in total. The van der Waals surface area contributed by atoms with Crippen molar-refractivity contribution in [2.24, 2.45) is 5.10 Å². The molecule has 0 unspecified atom stereocenters. The first kappa shape index (κ1) is 17.8. The first-order valence-electron chi connectivity index (χ1n) is 7.83. The number of nitrogens with zero attached hydrogens (tertiary/aromatic N) is 3. The Bertz CT molecular complexity index is 918. The van der Waals surface area contributed by atoms with Crippen LogP contribution in [0, 0.1) is 19.7 Å². The average molecular weight is 372 g/mol. The third-order valence-corrected chi connectivity index (χ3v) is 4.41. The molecule has 0 aliphatic heterocycles. The lowest BCUT2D eigenvalue weighted by Gasteiger charge is -2.05. The number of benzene rings is 1. The minimum absolute atomic E-state index is 0.207. The van der Waals surface area contributed by atoms with Gasteiger partial charge in [-0.3, -0.25) is 9.36 Å². The van der Waals surface area contributed by atoms with E-state index >= 15 is 0 Å². The van der Waals surface area contributed by atoms with Crippen LogP contribution >= 0.6 is 11.3 Å². The first-order valence-corrected chi connectivity index (χ1v) is 8.71. The van der Waals surface area contributed by atoms with E-state index in [0.29, 0.717) is 5.75 Å². The zero-order valence-electron chi connectivity index (χ0n) is 14.3. The third kappa shape index (κ3) is 4.15. The molecule has 0 aliphatic carbocycles. The molecule has 3 rings (SSSR count). The van der Waals surface area contributed by atoms with E-state index in [9.17, 15) is 9.18 Å². The SMILES string of the molecule is Cc1cc(/C=N\NC(=O)COc2ccc(F)cc2)c(C)n1-c1nccs1. The fourth-order valence-corrected chi connectivity index (χ4v) is 3.18. The Balaban J connectivity index is 1.57. The molecule has 6 nitrogen and oxygen atoms in total. The molecule has 2 aromatic heterocycles. The lowest BCUT2D eigenvalue weighted by molar-refractivity contribution is -0.123. The number of hydrazone groups is 1. The summed E-state index contributed by atoms with van der Waals surface area (Å²) in [4.78, 5) is 16.1. The highest BCUT2D eigenvalue weighted by molar-refractivity contribution is 7.12. The smallest absolute Gasteiger partial charge is 0.277 e. The van der Waals surface area contributed by atoms with Gasteiger partial charge in [0.2, 0.25) is 0 Å². The van der Waals surface area contributed by atoms with Crippen LogP contribution in [0.15, 0.2) is 47.0 Å². The van der Waals surface area contributed by atoms with Crippen molar-refractivity contribution in [1.29, 1.82) is 0 Å². The third-order valence-electron chi connectivity index (χ3n) is 3.66. The van der Waals surface area contributed by atoms with E-state index < -0.39 is 5.91 Å². The van der Waals surface area contributed by atoms with Gasteiger partial charge in [0.05, 0.1) is 6.21 Å². The highest BCUT2D eigenvalue weighted by Crippen LogP contribution is 2.21. The number of ether oxygens (including phenoxy) is 1. The highest BCUT2D eigenvalue weighted by atomic mass is 32.1. The van der Waals surface area contributed by atoms with Gasteiger partial charge in [-0.05, 0) is 44.2 Å². The van der Waals surface area contributed by atoms with Crippen LogP contribution < -0.4 is 10.2 Å². The van der Waals surface area contributed by atoms with Crippen molar-refractivity contribution in [3.63, 3.8) is 0 Å². The van der Waals surface area contributed by atoms with Gasteiger partial charge < -0.3 is 4.74 Å². The van der Waals surface area contributed by atoms with Crippen LogP contribution in [-0.4, -0.2) is 28.3 Å². The monoisotopic (exact) mass is 372 g/mol. The summed E-state index contributed by atoms with van der Waals surface area (Å²) in [6.07, 6.45) is 3.34. The molecule has 0 fully saturated rings. The molecular weight excluding hydrogens is 355 g/mol. The molecule has 0 aliphatic rings. The van der Waals surface area contributed by atoms with Crippen LogP contribution in [-0.2, 0) is 4.79 Å². The quantitative estimate of drug-likeness (QED) is 0.534. The number of aryl methyl sites for hydroxylation is 1. The predicted octanol–water partition coefficient (Wildman–Crippen LogP) is 3.22. The van der Waals surface area contributed by atoms with Crippen LogP contribution in [0.5, 0.6) is 5.75 Å². The lowest BCUT2D eigenvalue weighted by atomic mass is 10.3. The number of amides is 1. The van der Waals surface area contributed by atoms with Crippen LogP contribution in [0.1, 0.15) is 17.0 Å². The van der Waals surface area contributed by atoms with Crippen LogP contribution in [0.4, 0.5) is 4.39 Å². The van der Waals surface area contributed by atoms with Crippen LogP contribution in [0.2, 0.25) is 0 Å². The van der Waals surface area contributed by atoms with E-state index in [2.05, 4.69) is 15.5 Å². The van der Waals surface area contributed by atoms with Gasteiger partial charge in [-0.25, -0.2) is 14.8 Å². The highest BCUT2D eigenvalue weighted by Gasteiger charge is 2.11. The maximum absolute atomic E-state index is 12.8. The Kier molecular flexibility index (Phi) is 5.43. The molecule has 0 atom stereocenters. The minimum atomic E-state index is -0.403. The maximum Gasteiger partial charge on any atom is 0.277 e. The van der Waals surface area contributed by atoms with E-state index in [1.807, 2.05) is 29.9 Å². The van der Waals surface area contributed by atoms with E-state index in [4.69, 9.17) is 4.74 Å². The van der Waals surface area contributed by atoms with E-state index in [1.165, 1.54) is 24.3 Å². The number of carbonyl (C=O) groups is 1. The van der Waals surface area contributed by atoms with Gasteiger partial charge in [0.15, 0.2) is 11.7 Å². The van der Waals surface area contributed by atoms with Gasteiger partial charge in [-0.1, -0.05) is 0 Å². The molecule has 0 bridgehead atoms. The Morgan fingerprint density at radius 2 is 2.15 bits per heavy atom. The largest absolute Gasteiger partial charge is 0.484 e. The fraction of sp³-hybridized carbons (Fsp3) is 0.167. The molecule has 26 heavy (non-hydrogen) atoms. The van der Waals surface area contributed by atoms with Crippen molar-refractivity contribution in [3.8, 4) is 10.9 Å². The number of halogens is 1. The molecule has 0 radical (unpaired) electrons. The molecule has 1 aromatic carbocycles. The van der Waals surface area contributed by atoms with Gasteiger partial charge in [0, 0.05) is 28.5 Å². The summed E-state index contributed by atoms with van der Waals surface area (Å²) >= 11 is 1.55. The van der Waals surface area contributed by atoms with E-state index in [1.54, 1.807) is 23.7 Å². The van der Waals surface area contributed by atoms with Crippen molar-refractivity contribution in [3.05, 3.63) is 64.7 Å². The number of hydrogen-bond donors (Lipinski definition) is 1. The molecule has 0 saturated carbocycles. The van der Waals surface area contributed by atoms with Crippen molar-refractivity contribution in [2.45, 2.75) is 13.8 Å². The zero-order valence-corrected chi connectivity index (χ0v) is 15.1. The number of rotatable bonds is 6. The summed E-state index contributed by atoms with van der Waals surface area (Å²) in [6.45, 7) is 3.75. The molecule has 1 amide bonds. The van der Waals surface area contributed by atoms with Crippen LogP contribution in [0.25, 0.3) is 5.13 Å². The van der Waals surface area contributed by atoms with Gasteiger partial charge in [-0.15, -0.1) is 11.3 Å². The van der Waals surface area contributed by atoms with E-state index in [0.717, 1.165) is 22.1 Å². The Morgan fingerprint density at radius 1 is 1.38 bits per heavy atom. The molecule has 134 valence electrons. The fourth-order valence-electron chi connectivity index (χ4n) is 2.42. The van der Waals surface area contributed by atoms with E-state index in [-0.39, 0.29) is 12.4 Å². The van der Waals surface area contributed by atoms with Crippen molar-refractivity contribution < 1.29 is 13.9 Å². The molecule has 0 saturated heterocycles. The summed E-state index contributed by atoms with van der Waals surface area (Å²) in [5, 5.41) is 6.78. The van der Waals surface area contributed by atoms with Gasteiger partial charge in [-0.2, -0.15) is 5.10 Å².